The molecule has 2 rings (SSSR count). The van der Waals surface area contributed by atoms with E-state index in [1.165, 1.54) is 0 Å². The van der Waals surface area contributed by atoms with Crippen molar-refractivity contribution in [2.24, 2.45) is 0 Å². The summed E-state index contributed by atoms with van der Waals surface area (Å²) in [4.78, 5) is 0.432. The van der Waals surface area contributed by atoms with Gasteiger partial charge < -0.3 is 0 Å². The minimum atomic E-state index is -3.70. The number of nitrogens with one attached hydrogen (secondary N) is 2. The molecule has 0 amide bonds. The maximum Gasteiger partial charge on any atom is 0.241 e. The minimum Gasteiger partial charge on any atom is -0.207 e. The molecule has 0 radical (unpaired) electrons. The average Bonchev–Trinajstić information content (AvgIpc) is 2.56. The number of rotatable bonds is 7. The van der Waals surface area contributed by atoms with Crippen LogP contribution in [0.2, 0.25) is 0 Å². The van der Waals surface area contributed by atoms with Crippen molar-refractivity contribution in [1.82, 2.24) is 9.44 Å². The van der Waals surface area contributed by atoms with Crippen LogP contribution < -0.4 is 9.44 Å². The van der Waals surface area contributed by atoms with Crippen LogP contribution in [0, 0.1) is 0 Å². The van der Waals surface area contributed by atoms with E-state index >= 15 is 0 Å². The summed E-state index contributed by atoms with van der Waals surface area (Å²) in [6.45, 7) is 10.7. The fraction of sp³-hybridized carbons (Fsp3) is 0.455. The molecule has 8 heteroatoms. The summed E-state index contributed by atoms with van der Waals surface area (Å²) in [5, 5.41) is 0. The van der Waals surface area contributed by atoms with Crippen molar-refractivity contribution >= 4 is 20.0 Å². The minimum absolute atomic E-state index is 0.216. The quantitative estimate of drug-likeness (QED) is 0.671. The standard InChI is InChI=1S/C22H32N2O4S2/c1-21(2,3)23-29(25,26)19-13-9-7-11-17(19)15-16-18-12-8-10-14-20(18)30(27,28)24-22(4,5)6/h7-14,23-24H,15-16H2,1-6H3. The Morgan fingerprint density at radius 2 is 0.900 bits per heavy atom. The highest BCUT2D eigenvalue weighted by molar-refractivity contribution is 7.89. The molecule has 30 heavy (non-hydrogen) atoms. The fourth-order valence-corrected chi connectivity index (χ4v) is 6.51. The molecule has 0 spiro atoms. The van der Waals surface area contributed by atoms with Crippen molar-refractivity contribution in [3.63, 3.8) is 0 Å². The van der Waals surface area contributed by atoms with Gasteiger partial charge in [-0.1, -0.05) is 36.4 Å². The number of aryl methyl sites for hydroxylation is 2. The Bertz CT molecular complexity index is 1000. The van der Waals surface area contributed by atoms with Crippen LogP contribution in [0.1, 0.15) is 52.7 Å². The van der Waals surface area contributed by atoms with Gasteiger partial charge in [-0.05, 0) is 77.6 Å². The molecule has 2 aromatic carbocycles. The maximum atomic E-state index is 12.8. The molecule has 0 aliphatic heterocycles. The lowest BCUT2D eigenvalue weighted by Gasteiger charge is -2.22. The SMILES string of the molecule is CC(C)(C)NS(=O)(=O)c1ccccc1CCc1ccccc1S(=O)(=O)NC(C)(C)C. The van der Waals surface area contributed by atoms with Gasteiger partial charge in [-0.2, -0.15) is 0 Å². The Balaban J connectivity index is 2.35. The van der Waals surface area contributed by atoms with Gasteiger partial charge >= 0.3 is 0 Å². The first-order valence-corrected chi connectivity index (χ1v) is 12.8. The van der Waals surface area contributed by atoms with Crippen LogP contribution in [0.4, 0.5) is 0 Å². The average molecular weight is 453 g/mol. The molecule has 2 N–H and O–H groups in total. The second-order valence-corrected chi connectivity index (χ2v) is 12.7. The highest BCUT2D eigenvalue weighted by atomic mass is 32.2. The molecule has 0 heterocycles. The fourth-order valence-electron chi connectivity index (χ4n) is 3.13. The van der Waals surface area contributed by atoms with Crippen molar-refractivity contribution < 1.29 is 16.8 Å². The largest absolute Gasteiger partial charge is 0.241 e. The smallest absolute Gasteiger partial charge is 0.207 e. The van der Waals surface area contributed by atoms with Crippen molar-refractivity contribution in [2.45, 2.75) is 75.3 Å². The Labute approximate surface area is 181 Å². The van der Waals surface area contributed by atoms with Crippen LogP contribution in [-0.4, -0.2) is 27.9 Å². The van der Waals surface area contributed by atoms with Gasteiger partial charge in [-0.25, -0.2) is 26.3 Å². The van der Waals surface area contributed by atoms with Gasteiger partial charge in [0, 0.05) is 11.1 Å². The van der Waals surface area contributed by atoms with E-state index < -0.39 is 31.1 Å². The highest BCUT2D eigenvalue weighted by Crippen LogP contribution is 2.23. The van der Waals surface area contributed by atoms with Gasteiger partial charge in [-0.3, -0.25) is 0 Å². The summed E-state index contributed by atoms with van der Waals surface area (Å²) in [5.41, 5.74) is 0.0757. The number of hydrogen-bond donors (Lipinski definition) is 2. The summed E-state index contributed by atoms with van der Waals surface area (Å²) in [5.74, 6) is 0. The molecule has 0 saturated heterocycles. The number of hydrogen-bond acceptors (Lipinski definition) is 4. The van der Waals surface area contributed by atoms with E-state index in [2.05, 4.69) is 9.44 Å². The van der Waals surface area contributed by atoms with E-state index in [0.29, 0.717) is 24.0 Å². The van der Waals surface area contributed by atoms with E-state index in [0.717, 1.165) is 0 Å². The van der Waals surface area contributed by atoms with Crippen molar-refractivity contribution in [3.05, 3.63) is 59.7 Å². The van der Waals surface area contributed by atoms with Gasteiger partial charge in [0.1, 0.15) is 0 Å². The lowest BCUT2D eigenvalue weighted by Crippen LogP contribution is -2.41. The third-order valence-corrected chi connectivity index (χ3v) is 7.79. The van der Waals surface area contributed by atoms with Gasteiger partial charge in [0.25, 0.3) is 0 Å². The topological polar surface area (TPSA) is 92.3 Å². The first kappa shape index (κ1) is 24.5. The third kappa shape index (κ3) is 6.91. The summed E-state index contributed by atoms with van der Waals surface area (Å²) < 4.78 is 56.7. The lowest BCUT2D eigenvalue weighted by atomic mass is 10.0. The molecular formula is C22H32N2O4S2. The lowest BCUT2D eigenvalue weighted by molar-refractivity contribution is 0.489. The number of benzene rings is 2. The van der Waals surface area contributed by atoms with E-state index in [9.17, 15) is 16.8 Å². The van der Waals surface area contributed by atoms with Crippen LogP contribution >= 0.6 is 0 Å². The van der Waals surface area contributed by atoms with Crippen molar-refractivity contribution in [1.29, 1.82) is 0 Å². The third-order valence-electron chi connectivity index (χ3n) is 4.07. The van der Waals surface area contributed by atoms with Crippen LogP contribution in [0.3, 0.4) is 0 Å². The molecule has 166 valence electrons. The number of sulfonamides is 2. The second-order valence-electron chi connectivity index (χ2n) is 9.43. The molecule has 0 aliphatic carbocycles. The predicted octanol–water partition coefficient (Wildman–Crippen LogP) is 3.63. The first-order chi connectivity index (χ1) is 13.6. The zero-order valence-electron chi connectivity index (χ0n) is 18.5. The van der Waals surface area contributed by atoms with Gasteiger partial charge in [0.2, 0.25) is 20.0 Å². The van der Waals surface area contributed by atoms with E-state index in [1.807, 2.05) is 0 Å². The molecule has 0 aliphatic rings. The Morgan fingerprint density at radius 3 is 1.20 bits per heavy atom. The van der Waals surface area contributed by atoms with Crippen molar-refractivity contribution in [3.8, 4) is 0 Å². The maximum absolute atomic E-state index is 12.8. The Hall–Kier alpha value is -1.74. The molecule has 6 nitrogen and oxygen atoms in total. The van der Waals surface area contributed by atoms with Crippen molar-refractivity contribution in [2.75, 3.05) is 0 Å². The van der Waals surface area contributed by atoms with Gasteiger partial charge in [0.05, 0.1) is 9.79 Å². The second kappa shape index (κ2) is 8.78. The van der Waals surface area contributed by atoms with Crippen LogP contribution in [0.25, 0.3) is 0 Å². The summed E-state index contributed by atoms with van der Waals surface area (Å²) in [7, 11) is -7.39. The predicted molar refractivity (Wildman–Crippen MR) is 120 cm³/mol. The molecule has 0 atom stereocenters. The van der Waals surface area contributed by atoms with E-state index in [1.54, 1.807) is 90.1 Å². The summed E-state index contributed by atoms with van der Waals surface area (Å²) in [6, 6.07) is 13.6. The Morgan fingerprint density at radius 1 is 0.600 bits per heavy atom. The summed E-state index contributed by atoms with van der Waals surface area (Å²) >= 11 is 0. The zero-order chi connectivity index (χ0) is 22.8. The molecule has 0 unspecified atom stereocenters. The van der Waals surface area contributed by atoms with Crippen LogP contribution in [0.5, 0.6) is 0 Å². The van der Waals surface area contributed by atoms with Crippen LogP contribution in [-0.2, 0) is 32.9 Å². The molecule has 0 bridgehead atoms. The van der Waals surface area contributed by atoms with Gasteiger partial charge in [-0.15, -0.1) is 0 Å². The molecular weight excluding hydrogens is 420 g/mol. The van der Waals surface area contributed by atoms with E-state index in [4.69, 9.17) is 0 Å². The Kier molecular flexibility index (Phi) is 7.18. The van der Waals surface area contributed by atoms with Crippen LogP contribution in [0.15, 0.2) is 58.3 Å². The zero-order valence-corrected chi connectivity index (χ0v) is 20.1. The normalized spacial score (nSPS) is 13.4. The first-order valence-electron chi connectivity index (χ1n) is 9.84. The van der Waals surface area contributed by atoms with E-state index in [-0.39, 0.29) is 9.79 Å². The van der Waals surface area contributed by atoms with Gasteiger partial charge in [0.15, 0.2) is 0 Å². The summed E-state index contributed by atoms with van der Waals surface area (Å²) in [6.07, 6.45) is 0.784. The molecule has 0 saturated carbocycles. The molecule has 0 aromatic heterocycles. The molecule has 2 aromatic rings. The highest BCUT2D eigenvalue weighted by Gasteiger charge is 2.26. The molecule has 0 fully saturated rings. The monoisotopic (exact) mass is 452 g/mol.